The molecular formula is C38H56N2S3. The van der Waals surface area contributed by atoms with E-state index in [2.05, 4.69) is 134 Å². The molecule has 0 saturated heterocycles. The fraction of sp³-hybridized carbons (Fsp3) is 0.526. The fourth-order valence-electron chi connectivity index (χ4n) is 5.22. The van der Waals surface area contributed by atoms with Gasteiger partial charge in [0, 0.05) is 36.7 Å². The van der Waals surface area contributed by atoms with Crippen LogP contribution in [0.4, 0.5) is 0 Å². The minimum atomic E-state index is 0.314. The van der Waals surface area contributed by atoms with Crippen LogP contribution in [0.25, 0.3) is 10.1 Å². The Kier molecular flexibility index (Phi) is 13.3. The van der Waals surface area contributed by atoms with Gasteiger partial charge in [0.1, 0.15) is 6.04 Å². The van der Waals surface area contributed by atoms with E-state index in [9.17, 15) is 0 Å². The third kappa shape index (κ3) is 8.21. The summed E-state index contributed by atoms with van der Waals surface area (Å²) in [5.41, 5.74) is 18.7. The number of thiophene rings is 2. The number of aryl methyl sites for hydroxylation is 4. The molecule has 0 bridgehead atoms. The molecule has 236 valence electrons. The van der Waals surface area contributed by atoms with Crippen molar-refractivity contribution < 1.29 is 0 Å². The van der Waals surface area contributed by atoms with Gasteiger partial charge >= 0.3 is 0 Å². The van der Waals surface area contributed by atoms with Crippen LogP contribution in [0.5, 0.6) is 0 Å². The van der Waals surface area contributed by atoms with Gasteiger partial charge in [-0.3, -0.25) is 0 Å². The van der Waals surface area contributed by atoms with Crippen molar-refractivity contribution in [1.29, 1.82) is 0 Å². The summed E-state index contributed by atoms with van der Waals surface area (Å²) in [4.78, 5) is 4.42. The molecule has 0 saturated carbocycles. The van der Waals surface area contributed by atoms with Gasteiger partial charge in [0.25, 0.3) is 0 Å². The van der Waals surface area contributed by atoms with Crippen molar-refractivity contribution in [1.82, 2.24) is 0 Å². The Morgan fingerprint density at radius 3 is 1.30 bits per heavy atom. The fourth-order valence-corrected chi connectivity index (χ4v) is 8.62. The second-order valence-electron chi connectivity index (χ2n) is 12.7. The highest BCUT2D eigenvalue weighted by molar-refractivity contribution is 7.98. The van der Waals surface area contributed by atoms with Crippen LogP contribution >= 0.6 is 34.6 Å². The van der Waals surface area contributed by atoms with E-state index >= 15 is 0 Å². The first-order chi connectivity index (χ1) is 19.8. The lowest BCUT2D eigenvalue weighted by molar-refractivity contribution is 0.738. The van der Waals surface area contributed by atoms with E-state index in [0.717, 1.165) is 0 Å². The molecule has 2 atom stereocenters. The number of hydrogen-bond acceptors (Lipinski definition) is 5. The lowest BCUT2D eigenvalue weighted by Crippen LogP contribution is -2.25. The molecular weight excluding hydrogens is 581 g/mol. The van der Waals surface area contributed by atoms with Gasteiger partial charge in [0.2, 0.25) is 0 Å². The monoisotopic (exact) mass is 636 g/mol. The average molecular weight is 637 g/mol. The molecule has 1 aliphatic heterocycles. The van der Waals surface area contributed by atoms with Crippen molar-refractivity contribution >= 4 is 44.7 Å². The van der Waals surface area contributed by atoms with Crippen molar-refractivity contribution in [3.8, 4) is 0 Å². The van der Waals surface area contributed by atoms with Crippen LogP contribution in [-0.4, -0.2) is 11.3 Å². The first-order valence-corrected chi connectivity index (χ1v) is 17.8. The Morgan fingerprint density at radius 2 is 0.907 bits per heavy atom. The smallest absolute Gasteiger partial charge is 0.111 e. The molecule has 0 spiro atoms. The molecule has 2 aromatic heterocycles. The average Bonchev–Trinajstić information content (AvgIpc) is 3.65. The van der Waals surface area contributed by atoms with Gasteiger partial charge in [-0.05, 0) is 180 Å². The van der Waals surface area contributed by atoms with E-state index in [1.807, 2.05) is 22.7 Å². The Balaban J connectivity index is 0.000000207. The van der Waals surface area contributed by atoms with Crippen LogP contribution in [0.15, 0.2) is 43.1 Å². The lowest BCUT2D eigenvalue weighted by Gasteiger charge is -2.26. The summed E-state index contributed by atoms with van der Waals surface area (Å²) in [6, 6.07) is 0.314. The molecule has 0 amide bonds. The third-order valence-electron chi connectivity index (χ3n) is 9.97. The maximum absolute atomic E-state index is 4.27. The number of allylic oxidation sites excluding steroid dienone is 4. The summed E-state index contributed by atoms with van der Waals surface area (Å²) < 4.78 is 5.58. The van der Waals surface area contributed by atoms with Crippen LogP contribution in [0, 0.1) is 69.2 Å². The van der Waals surface area contributed by atoms with E-state index in [0.29, 0.717) is 11.3 Å². The molecule has 43 heavy (non-hydrogen) atoms. The highest BCUT2D eigenvalue weighted by Crippen LogP contribution is 2.43. The normalized spacial score (nSPS) is 17.2. The SMILES string of the molecule is CC(C)=C(C)C.CC1=C(C)C2N=NSC2C(C)=C1C.Cc1c(C)c(C)c(C)c(C)c1C.Cc1sc2c(C)sc(C)c2c1C. The first-order valence-electron chi connectivity index (χ1n) is 15.4. The van der Waals surface area contributed by atoms with Crippen molar-refractivity contribution in [2.45, 2.75) is 136 Å². The van der Waals surface area contributed by atoms with Crippen molar-refractivity contribution in [2.75, 3.05) is 0 Å². The van der Waals surface area contributed by atoms with Gasteiger partial charge in [-0.1, -0.05) is 16.7 Å². The van der Waals surface area contributed by atoms with Crippen molar-refractivity contribution in [2.24, 2.45) is 9.63 Å². The van der Waals surface area contributed by atoms with E-state index in [-0.39, 0.29) is 0 Å². The second kappa shape index (κ2) is 15.4. The quantitative estimate of drug-likeness (QED) is 0.178. The van der Waals surface area contributed by atoms with Crippen molar-refractivity contribution in [3.05, 3.63) is 87.0 Å². The molecule has 0 radical (unpaired) electrons. The molecule has 5 heteroatoms. The minimum Gasteiger partial charge on any atom is -0.172 e. The van der Waals surface area contributed by atoms with Crippen LogP contribution in [-0.2, 0) is 0 Å². The topological polar surface area (TPSA) is 24.7 Å². The van der Waals surface area contributed by atoms with Gasteiger partial charge in [-0.15, -0.1) is 27.2 Å². The largest absolute Gasteiger partial charge is 0.172 e. The number of nitrogens with zero attached hydrogens (tertiary/aromatic N) is 2. The van der Waals surface area contributed by atoms with Gasteiger partial charge in [-0.2, -0.15) is 5.11 Å². The van der Waals surface area contributed by atoms with Crippen LogP contribution in [0.1, 0.15) is 109 Å². The summed E-state index contributed by atoms with van der Waals surface area (Å²) in [6.07, 6.45) is 0. The predicted octanol–water partition coefficient (Wildman–Crippen LogP) is 13.6. The minimum absolute atomic E-state index is 0.314. The summed E-state index contributed by atoms with van der Waals surface area (Å²) in [5, 5.41) is 6.26. The summed E-state index contributed by atoms with van der Waals surface area (Å²) >= 11 is 5.47. The van der Waals surface area contributed by atoms with E-state index < -0.39 is 0 Å². The van der Waals surface area contributed by atoms with Crippen LogP contribution < -0.4 is 0 Å². The molecule has 0 N–H and O–H groups in total. The summed E-state index contributed by atoms with van der Waals surface area (Å²) in [6.45, 7) is 39.4. The highest BCUT2D eigenvalue weighted by atomic mass is 32.2. The van der Waals surface area contributed by atoms with Gasteiger partial charge in [0.15, 0.2) is 0 Å². The number of rotatable bonds is 0. The second-order valence-corrected chi connectivity index (χ2v) is 16.3. The van der Waals surface area contributed by atoms with Gasteiger partial charge in [-0.25, -0.2) is 0 Å². The van der Waals surface area contributed by atoms with E-state index in [4.69, 9.17) is 0 Å². The number of hydrogen-bond donors (Lipinski definition) is 0. The molecule has 3 heterocycles. The van der Waals surface area contributed by atoms with Crippen LogP contribution in [0.2, 0.25) is 0 Å². The van der Waals surface area contributed by atoms with Gasteiger partial charge in [0.05, 0.1) is 5.25 Å². The molecule has 1 aromatic carbocycles. The maximum atomic E-state index is 4.27. The van der Waals surface area contributed by atoms with E-state index in [1.54, 1.807) is 11.9 Å². The summed E-state index contributed by atoms with van der Waals surface area (Å²) in [7, 11) is 0. The predicted molar refractivity (Wildman–Crippen MR) is 200 cm³/mol. The van der Waals surface area contributed by atoms with Crippen LogP contribution in [0.3, 0.4) is 0 Å². The highest BCUT2D eigenvalue weighted by Gasteiger charge is 2.35. The molecule has 2 nitrogen and oxygen atoms in total. The zero-order chi connectivity index (χ0) is 33.1. The zero-order valence-corrected chi connectivity index (χ0v) is 32.7. The Labute approximate surface area is 276 Å². The third-order valence-corrected chi connectivity index (χ3v) is 13.5. The summed E-state index contributed by atoms with van der Waals surface area (Å²) in [5.74, 6) is 0. The first kappa shape index (κ1) is 37.2. The Morgan fingerprint density at radius 1 is 0.488 bits per heavy atom. The maximum Gasteiger partial charge on any atom is 0.111 e. The Bertz CT molecular complexity index is 1500. The Hall–Kier alpha value is -1.95. The molecule has 0 fully saturated rings. The number of fused-ring (bicyclic) bond motifs is 2. The molecule has 3 aromatic rings. The van der Waals surface area contributed by atoms with Crippen molar-refractivity contribution in [3.63, 3.8) is 0 Å². The van der Waals surface area contributed by atoms with E-state index in [1.165, 1.54) is 97.1 Å². The molecule has 5 rings (SSSR count). The molecule has 2 aliphatic rings. The zero-order valence-electron chi connectivity index (χ0n) is 30.3. The molecule has 2 unspecified atom stereocenters. The number of benzene rings is 1. The molecule has 1 aliphatic carbocycles. The standard InChI is InChI=1S/C12H18.C10H14N2S.C10H12S2.C6H12/c1-7-8(2)10(4)12(6)11(5)9(7)3;1-5-6(2)8(4)10-9(7(5)3)11-12-13-10;1-5-6(2)12-10-8(4)11-7(3)9(5)10;1-5(2)6(3)4/h1-6H3;9-10H,1-4H3;1-4H3;1-4H3. The van der Waals surface area contributed by atoms with Gasteiger partial charge < -0.3 is 0 Å². The lowest BCUT2D eigenvalue weighted by atomic mass is 9.85.